The summed E-state index contributed by atoms with van der Waals surface area (Å²) in [7, 11) is -2.04. The highest BCUT2D eigenvalue weighted by atomic mass is 35.5. The van der Waals surface area contributed by atoms with Crippen LogP contribution in [-0.2, 0) is 16.6 Å². The quantitative estimate of drug-likeness (QED) is 0.786. The fraction of sp³-hybridized carbons (Fsp3) is 0.250. The summed E-state index contributed by atoms with van der Waals surface area (Å²) in [6.45, 7) is 2.18. The number of rotatable bonds is 5. The minimum absolute atomic E-state index is 0.0238. The standard InChI is InChI=1S/C12H15ClN4O2S/c1-8-9(7-14-2)12(16-15-8)20(18,19)17-11-6-4-3-5-10(11)13/h3-6,14,17H,7H2,1-2H3,(H,15,16). The number of benzene rings is 1. The minimum Gasteiger partial charge on any atom is -0.316 e. The van der Waals surface area contributed by atoms with Crippen molar-refractivity contribution < 1.29 is 8.42 Å². The average molecular weight is 315 g/mol. The van der Waals surface area contributed by atoms with Gasteiger partial charge in [0.15, 0.2) is 0 Å². The number of anilines is 1. The van der Waals surface area contributed by atoms with Gasteiger partial charge in [-0.25, -0.2) is 0 Å². The van der Waals surface area contributed by atoms with Crippen LogP contribution >= 0.6 is 11.6 Å². The van der Waals surface area contributed by atoms with E-state index >= 15 is 0 Å². The third-order valence-corrected chi connectivity index (χ3v) is 4.43. The molecule has 108 valence electrons. The zero-order valence-electron chi connectivity index (χ0n) is 11.1. The number of aryl methyl sites for hydroxylation is 1. The second-order valence-corrected chi connectivity index (χ2v) is 6.25. The highest BCUT2D eigenvalue weighted by Crippen LogP contribution is 2.25. The van der Waals surface area contributed by atoms with Crippen molar-refractivity contribution >= 4 is 27.3 Å². The molecule has 1 aromatic carbocycles. The van der Waals surface area contributed by atoms with Crippen molar-refractivity contribution in [2.45, 2.75) is 18.5 Å². The molecule has 8 heteroatoms. The van der Waals surface area contributed by atoms with E-state index in [0.717, 1.165) is 0 Å². The van der Waals surface area contributed by atoms with Gasteiger partial charge in [0, 0.05) is 17.8 Å². The zero-order valence-corrected chi connectivity index (χ0v) is 12.6. The van der Waals surface area contributed by atoms with Gasteiger partial charge in [0.05, 0.1) is 10.7 Å². The average Bonchev–Trinajstić information content (AvgIpc) is 2.75. The molecule has 1 heterocycles. The van der Waals surface area contributed by atoms with Gasteiger partial charge >= 0.3 is 0 Å². The van der Waals surface area contributed by atoms with Gasteiger partial charge in [-0.1, -0.05) is 23.7 Å². The molecule has 0 aliphatic carbocycles. The number of nitrogens with zero attached hydrogens (tertiary/aromatic N) is 1. The van der Waals surface area contributed by atoms with Crippen molar-refractivity contribution in [3.63, 3.8) is 0 Å². The second-order valence-electron chi connectivity index (χ2n) is 4.25. The van der Waals surface area contributed by atoms with Crippen molar-refractivity contribution in [2.75, 3.05) is 11.8 Å². The molecule has 0 fully saturated rings. The van der Waals surface area contributed by atoms with E-state index in [1.54, 1.807) is 38.2 Å². The van der Waals surface area contributed by atoms with Crippen LogP contribution in [0.15, 0.2) is 29.3 Å². The summed E-state index contributed by atoms with van der Waals surface area (Å²) in [4.78, 5) is 0. The van der Waals surface area contributed by atoms with E-state index in [4.69, 9.17) is 11.6 Å². The van der Waals surface area contributed by atoms with Gasteiger partial charge in [-0.3, -0.25) is 9.82 Å². The molecule has 0 aliphatic rings. The molecular formula is C12H15ClN4O2S. The molecule has 2 aromatic rings. The Morgan fingerprint density at radius 1 is 1.35 bits per heavy atom. The molecule has 3 N–H and O–H groups in total. The summed E-state index contributed by atoms with van der Waals surface area (Å²) in [6, 6.07) is 6.64. The molecule has 0 saturated heterocycles. The minimum atomic E-state index is -3.78. The molecule has 0 spiro atoms. The maximum absolute atomic E-state index is 12.4. The summed E-state index contributed by atoms with van der Waals surface area (Å²) in [5, 5.41) is 9.79. The number of sulfonamides is 1. The predicted octanol–water partition coefficient (Wildman–Crippen LogP) is 1.89. The Morgan fingerprint density at radius 2 is 2.05 bits per heavy atom. The Morgan fingerprint density at radius 3 is 2.70 bits per heavy atom. The lowest BCUT2D eigenvalue weighted by Crippen LogP contribution is -2.17. The van der Waals surface area contributed by atoms with Gasteiger partial charge in [0.1, 0.15) is 0 Å². The van der Waals surface area contributed by atoms with Gasteiger partial charge in [0.25, 0.3) is 10.0 Å². The maximum Gasteiger partial charge on any atom is 0.281 e. The van der Waals surface area contributed by atoms with Crippen LogP contribution in [-0.4, -0.2) is 25.7 Å². The third-order valence-electron chi connectivity index (χ3n) is 2.76. The number of hydrogen-bond acceptors (Lipinski definition) is 4. The number of H-pyrrole nitrogens is 1. The summed E-state index contributed by atoms with van der Waals surface area (Å²) >= 11 is 5.96. The van der Waals surface area contributed by atoms with Crippen LogP contribution in [0.25, 0.3) is 0 Å². The molecule has 1 aromatic heterocycles. The first kappa shape index (κ1) is 14.8. The Kier molecular flexibility index (Phi) is 4.32. The molecule has 0 saturated carbocycles. The summed E-state index contributed by atoms with van der Waals surface area (Å²) in [5.74, 6) is 0. The van der Waals surface area contributed by atoms with E-state index in [0.29, 0.717) is 28.5 Å². The molecule has 0 bridgehead atoms. The number of aromatic amines is 1. The number of hydrogen-bond donors (Lipinski definition) is 3. The first-order chi connectivity index (χ1) is 9.45. The van der Waals surface area contributed by atoms with Gasteiger partial charge in [-0.15, -0.1) is 0 Å². The lowest BCUT2D eigenvalue weighted by molar-refractivity contribution is 0.595. The van der Waals surface area contributed by atoms with Gasteiger partial charge in [0.2, 0.25) is 5.03 Å². The lowest BCUT2D eigenvalue weighted by atomic mass is 10.3. The van der Waals surface area contributed by atoms with E-state index < -0.39 is 10.0 Å². The molecule has 2 rings (SSSR count). The van der Waals surface area contributed by atoms with Gasteiger partial charge in [-0.2, -0.15) is 13.5 Å². The topological polar surface area (TPSA) is 86.9 Å². The molecule has 0 radical (unpaired) electrons. The Labute approximate surface area is 122 Å². The number of para-hydroxylation sites is 1. The fourth-order valence-electron chi connectivity index (χ4n) is 1.77. The van der Waals surface area contributed by atoms with Crippen LogP contribution in [0.3, 0.4) is 0 Å². The van der Waals surface area contributed by atoms with E-state index in [-0.39, 0.29) is 5.03 Å². The highest BCUT2D eigenvalue weighted by Gasteiger charge is 2.24. The Bertz CT molecular complexity index is 712. The van der Waals surface area contributed by atoms with Gasteiger partial charge < -0.3 is 5.32 Å². The van der Waals surface area contributed by atoms with E-state index in [2.05, 4.69) is 20.2 Å². The maximum atomic E-state index is 12.4. The van der Waals surface area contributed by atoms with Crippen LogP contribution in [0.2, 0.25) is 5.02 Å². The van der Waals surface area contributed by atoms with Crippen LogP contribution < -0.4 is 10.0 Å². The van der Waals surface area contributed by atoms with Crippen LogP contribution in [0.4, 0.5) is 5.69 Å². The number of aromatic nitrogens is 2. The molecule has 0 atom stereocenters. The summed E-state index contributed by atoms with van der Waals surface area (Å²) in [5.41, 5.74) is 1.64. The van der Waals surface area contributed by atoms with E-state index in [1.165, 1.54) is 0 Å². The van der Waals surface area contributed by atoms with Crippen LogP contribution in [0.5, 0.6) is 0 Å². The largest absolute Gasteiger partial charge is 0.316 e. The normalized spacial score (nSPS) is 11.6. The Balaban J connectivity index is 2.39. The first-order valence-corrected chi connectivity index (χ1v) is 7.77. The molecule has 20 heavy (non-hydrogen) atoms. The van der Waals surface area contributed by atoms with Crippen molar-refractivity contribution in [3.8, 4) is 0 Å². The fourth-order valence-corrected chi connectivity index (χ4v) is 3.29. The predicted molar refractivity (Wildman–Crippen MR) is 78.3 cm³/mol. The lowest BCUT2D eigenvalue weighted by Gasteiger charge is -2.09. The van der Waals surface area contributed by atoms with Crippen LogP contribution in [0.1, 0.15) is 11.3 Å². The highest BCUT2D eigenvalue weighted by molar-refractivity contribution is 7.92. The van der Waals surface area contributed by atoms with Crippen molar-refractivity contribution in [3.05, 3.63) is 40.5 Å². The monoisotopic (exact) mass is 314 g/mol. The second kappa shape index (κ2) is 5.82. The van der Waals surface area contributed by atoms with Crippen molar-refractivity contribution in [1.82, 2.24) is 15.5 Å². The molecular weight excluding hydrogens is 300 g/mol. The smallest absolute Gasteiger partial charge is 0.281 e. The molecule has 0 amide bonds. The SMILES string of the molecule is CNCc1c(S(=O)(=O)Nc2ccccc2Cl)n[nH]c1C. The van der Waals surface area contributed by atoms with Crippen molar-refractivity contribution in [2.24, 2.45) is 0 Å². The Hall–Kier alpha value is -1.57. The zero-order chi connectivity index (χ0) is 14.8. The molecule has 6 nitrogen and oxygen atoms in total. The number of nitrogens with one attached hydrogen (secondary N) is 3. The summed E-state index contributed by atoms with van der Waals surface area (Å²) < 4.78 is 27.2. The van der Waals surface area contributed by atoms with E-state index in [9.17, 15) is 8.42 Å². The molecule has 0 unspecified atom stereocenters. The van der Waals surface area contributed by atoms with Crippen LogP contribution in [0, 0.1) is 6.92 Å². The van der Waals surface area contributed by atoms with Crippen molar-refractivity contribution in [1.29, 1.82) is 0 Å². The first-order valence-electron chi connectivity index (χ1n) is 5.91. The summed E-state index contributed by atoms with van der Waals surface area (Å²) in [6.07, 6.45) is 0. The number of halogens is 1. The third kappa shape index (κ3) is 2.95. The molecule has 0 aliphatic heterocycles. The van der Waals surface area contributed by atoms with Gasteiger partial charge in [-0.05, 0) is 26.1 Å². The van der Waals surface area contributed by atoms with E-state index in [1.807, 2.05) is 0 Å².